The van der Waals surface area contributed by atoms with Crippen LogP contribution in [0, 0.1) is 0 Å². The zero-order valence-corrected chi connectivity index (χ0v) is 8.25. The Kier molecular flexibility index (Phi) is 3.47. The monoisotopic (exact) mass is 150 g/mol. The van der Waals surface area contributed by atoms with Gasteiger partial charge in [0, 0.05) is 0 Å². The maximum absolute atomic E-state index is 2.89. The summed E-state index contributed by atoms with van der Waals surface area (Å²) in [6, 6.07) is 0. The van der Waals surface area contributed by atoms with Gasteiger partial charge in [-0.15, -0.1) is 18.5 Å². The molecule has 0 heterocycles. The van der Waals surface area contributed by atoms with Gasteiger partial charge in [0.1, 0.15) is 0 Å². The lowest BCUT2D eigenvalue weighted by molar-refractivity contribution is 0.613. The molecular formula is C6H16P2. The molecule has 0 radical (unpaired) electrons. The molecule has 0 aliphatic carbocycles. The average molecular weight is 150 g/mol. The maximum Gasteiger partial charge on any atom is -0.0121 e. The van der Waals surface area contributed by atoms with Gasteiger partial charge in [0.2, 0.25) is 0 Å². The molecule has 0 aromatic carbocycles. The molecule has 0 saturated carbocycles. The molecule has 0 fully saturated rings. The summed E-state index contributed by atoms with van der Waals surface area (Å²) in [4.78, 5) is 0. The molecule has 0 aromatic heterocycles. The van der Waals surface area contributed by atoms with E-state index in [1.54, 1.807) is 0 Å². The molecule has 0 bridgehead atoms. The highest BCUT2D eigenvalue weighted by Crippen LogP contribution is 2.30. The van der Waals surface area contributed by atoms with Gasteiger partial charge in [0.05, 0.1) is 0 Å². The molecule has 0 N–H and O–H groups in total. The van der Waals surface area contributed by atoms with Crippen molar-refractivity contribution in [3.05, 3.63) is 0 Å². The zero-order valence-electron chi connectivity index (χ0n) is 5.94. The SMILES string of the molecule is CCC(C)(P)[C@H](C)P. The van der Waals surface area contributed by atoms with Crippen LogP contribution in [0.4, 0.5) is 0 Å². The molecule has 50 valence electrons. The second-order valence-corrected chi connectivity index (χ2v) is 4.97. The van der Waals surface area contributed by atoms with Crippen LogP contribution in [0.1, 0.15) is 27.2 Å². The molecule has 0 aromatic rings. The molecule has 0 saturated heterocycles. The van der Waals surface area contributed by atoms with Crippen molar-refractivity contribution in [2.24, 2.45) is 0 Å². The summed E-state index contributed by atoms with van der Waals surface area (Å²) in [6.07, 6.45) is 1.22. The first kappa shape index (κ1) is 8.86. The van der Waals surface area contributed by atoms with E-state index in [9.17, 15) is 0 Å². The van der Waals surface area contributed by atoms with Crippen LogP contribution in [-0.4, -0.2) is 10.8 Å². The summed E-state index contributed by atoms with van der Waals surface area (Å²) < 4.78 is 0. The Hall–Kier alpha value is 0.860. The Morgan fingerprint density at radius 2 is 2.00 bits per heavy atom. The third-order valence-corrected chi connectivity index (χ3v) is 3.88. The van der Waals surface area contributed by atoms with Crippen LogP contribution in [0.3, 0.4) is 0 Å². The Labute approximate surface area is 57.2 Å². The van der Waals surface area contributed by atoms with E-state index in [1.807, 2.05) is 0 Å². The van der Waals surface area contributed by atoms with E-state index in [4.69, 9.17) is 0 Å². The Morgan fingerprint density at radius 1 is 1.62 bits per heavy atom. The number of rotatable bonds is 2. The summed E-state index contributed by atoms with van der Waals surface area (Å²) >= 11 is 0. The maximum atomic E-state index is 2.89. The van der Waals surface area contributed by atoms with E-state index in [2.05, 4.69) is 39.3 Å². The first-order chi connectivity index (χ1) is 3.50. The first-order valence-electron chi connectivity index (χ1n) is 3.05. The fourth-order valence-corrected chi connectivity index (χ4v) is 0.558. The zero-order chi connectivity index (χ0) is 6.78. The summed E-state index contributed by atoms with van der Waals surface area (Å²) in [5.74, 6) is 0. The van der Waals surface area contributed by atoms with Gasteiger partial charge in [0.15, 0.2) is 0 Å². The van der Waals surface area contributed by atoms with Gasteiger partial charge in [-0.05, 0) is 17.2 Å². The van der Waals surface area contributed by atoms with E-state index >= 15 is 0 Å². The average Bonchev–Trinajstić information content (AvgIpc) is 1.67. The van der Waals surface area contributed by atoms with Crippen LogP contribution in [-0.2, 0) is 0 Å². The predicted molar refractivity (Wildman–Crippen MR) is 47.6 cm³/mol. The van der Waals surface area contributed by atoms with Gasteiger partial charge in [-0.25, -0.2) is 0 Å². The fourth-order valence-electron chi connectivity index (χ4n) is 0.322. The van der Waals surface area contributed by atoms with Gasteiger partial charge in [0.25, 0.3) is 0 Å². The number of hydrogen-bond acceptors (Lipinski definition) is 0. The molecule has 8 heavy (non-hydrogen) atoms. The van der Waals surface area contributed by atoms with E-state index in [0.29, 0.717) is 10.8 Å². The minimum Gasteiger partial charge on any atom is -0.134 e. The van der Waals surface area contributed by atoms with Crippen molar-refractivity contribution < 1.29 is 0 Å². The van der Waals surface area contributed by atoms with Crippen molar-refractivity contribution in [2.45, 2.75) is 38.0 Å². The van der Waals surface area contributed by atoms with Crippen LogP contribution in [0.25, 0.3) is 0 Å². The third kappa shape index (κ3) is 2.42. The first-order valence-corrected chi connectivity index (χ1v) is 4.29. The molecule has 0 rings (SSSR count). The lowest BCUT2D eigenvalue weighted by Crippen LogP contribution is -2.23. The minimum absolute atomic E-state index is 0.421. The summed E-state index contributed by atoms with van der Waals surface area (Å²) in [5, 5.41) is 0.421. The Balaban J connectivity index is 3.71. The Bertz CT molecular complexity index is 66.9. The van der Waals surface area contributed by atoms with Gasteiger partial charge in [-0.1, -0.05) is 20.8 Å². The van der Waals surface area contributed by atoms with Crippen LogP contribution >= 0.6 is 18.5 Å². The van der Waals surface area contributed by atoms with E-state index in [-0.39, 0.29) is 0 Å². The highest BCUT2D eigenvalue weighted by Gasteiger charge is 2.19. The van der Waals surface area contributed by atoms with Crippen molar-refractivity contribution in [2.75, 3.05) is 0 Å². The van der Waals surface area contributed by atoms with Crippen molar-refractivity contribution in [3.8, 4) is 0 Å². The molecule has 2 heteroatoms. The largest absolute Gasteiger partial charge is 0.134 e. The highest BCUT2D eigenvalue weighted by molar-refractivity contribution is 7.24. The minimum atomic E-state index is 0.421. The summed E-state index contributed by atoms with van der Waals surface area (Å²) in [7, 11) is 5.71. The second-order valence-electron chi connectivity index (χ2n) is 2.65. The molecule has 0 aliphatic rings. The Morgan fingerprint density at radius 3 is 2.00 bits per heavy atom. The van der Waals surface area contributed by atoms with Crippen molar-refractivity contribution in [1.82, 2.24) is 0 Å². The normalized spacial score (nSPS) is 22.1. The molecule has 3 unspecified atom stereocenters. The quantitative estimate of drug-likeness (QED) is 0.530. The molecule has 0 aliphatic heterocycles. The summed E-state index contributed by atoms with van der Waals surface area (Å²) in [6.45, 7) is 6.70. The predicted octanol–water partition coefficient (Wildman–Crippen LogP) is 2.29. The van der Waals surface area contributed by atoms with Crippen LogP contribution in [0.2, 0.25) is 0 Å². The fraction of sp³-hybridized carbons (Fsp3) is 1.00. The molecule has 0 amide bonds. The van der Waals surface area contributed by atoms with E-state index in [0.717, 1.165) is 0 Å². The van der Waals surface area contributed by atoms with Crippen LogP contribution < -0.4 is 0 Å². The highest BCUT2D eigenvalue weighted by atomic mass is 31.0. The van der Waals surface area contributed by atoms with Gasteiger partial charge in [-0.3, -0.25) is 0 Å². The molecule has 0 nitrogen and oxygen atoms in total. The standard InChI is InChI=1S/C6H16P2/c1-4-6(3,8)5(2)7/h5H,4,7-8H2,1-3H3/t5-,6?/m0/s1. The molecule has 4 atom stereocenters. The lowest BCUT2D eigenvalue weighted by atomic mass is 10.1. The summed E-state index contributed by atoms with van der Waals surface area (Å²) in [5.41, 5.74) is 0.692. The van der Waals surface area contributed by atoms with Gasteiger partial charge < -0.3 is 0 Å². The number of hydrogen-bond donors (Lipinski definition) is 0. The van der Waals surface area contributed by atoms with E-state index < -0.39 is 0 Å². The topological polar surface area (TPSA) is 0 Å². The van der Waals surface area contributed by atoms with Crippen molar-refractivity contribution in [3.63, 3.8) is 0 Å². The van der Waals surface area contributed by atoms with Crippen molar-refractivity contribution in [1.29, 1.82) is 0 Å². The smallest absolute Gasteiger partial charge is 0.0121 e. The molecule has 0 spiro atoms. The van der Waals surface area contributed by atoms with Crippen LogP contribution in [0.5, 0.6) is 0 Å². The second kappa shape index (κ2) is 3.14. The van der Waals surface area contributed by atoms with Crippen LogP contribution in [0.15, 0.2) is 0 Å². The van der Waals surface area contributed by atoms with Gasteiger partial charge >= 0.3 is 0 Å². The molecular weight excluding hydrogens is 134 g/mol. The van der Waals surface area contributed by atoms with Gasteiger partial charge in [-0.2, -0.15) is 0 Å². The third-order valence-electron chi connectivity index (χ3n) is 1.80. The lowest BCUT2D eigenvalue weighted by Gasteiger charge is -2.26. The van der Waals surface area contributed by atoms with E-state index in [1.165, 1.54) is 6.42 Å². The van der Waals surface area contributed by atoms with Crippen molar-refractivity contribution >= 4 is 18.5 Å².